The maximum atomic E-state index is 13.9. The Morgan fingerprint density at radius 2 is 0.752 bits per heavy atom. The highest BCUT2D eigenvalue weighted by molar-refractivity contribution is 5.95. The van der Waals surface area contributed by atoms with Crippen LogP contribution in [0.2, 0.25) is 0 Å². The Bertz CT molecular complexity index is 3770. The zero-order valence-corrected chi connectivity index (χ0v) is 56.2. The minimum atomic E-state index is -4.98. The first-order valence-electron chi connectivity index (χ1n) is 33.2. The Kier molecular flexibility index (Phi) is 24.5. The van der Waals surface area contributed by atoms with Crippen molar-refractivity contribution in [1.82, 2.24) is 50.2 Å². The number of likely N-dealkylation sites (tertiary alicyclic amines) is 3. The van der Waals surface area contributed by atoms with Crippen molar-refractivity contribution < 1.29 is 94.5 Å². The molecule has 3 N–H and O–H groups in total. The second-order valence-electron chi connectivity index (χ2n) is 27.7. The van der Waals surface area contributed by atoms with Crippen LogP contribution in [-0.2, 0) is 66.7 Å². The number of ether oxygens (including phenoxy) is 2. The summed E-state index contributed by atoms with van der Waals surface area (Å²) in [6.07, 6.45) is -6.18. The minimum absolute atomic E-state index is 0. The van der Waals surface area contributed by atoms with Crippen LogP contribution in [0.1, 0.15) is 225 Å². The second-order valence-corrected chi connectivity index (χ2v) is 27.7. The van der Waals surface area contributed by atoms with E-state index in [9.17, 15) is 85.0 Å². The number of halogens is 15. The van der Waals surface area contributed by atoms with Crippen molar-refractivity contribution in [2.24, 2.45) is 0 Å². The number of hydrogen-bond donors (Lipinski definition) is 3. The highest BCUT2D eigenvalue weighted by Gasteiger charge is 2.45. The number of aromatic nitrogens is 6. The third-order valence-corrected chi connectivity index (χ3v) is 18.6. The Morgan fingerprint density at radius 1 is 0.426 bits per heavy atom. The zero-order valence-electron chi connectivity index (χ0n) is 56.2. The van der Waals surface area contributed by atoms with Gasteiger partial charge in [0.25, 0.3) is 11.8 Å². The fourth-order valence-corrected chi connectivity index (χ4v) is 13.6. The number of rotatable bonds is 5. The number of carbonyl (C=O) groups excluding carboxylic acids is 4. The lowest BCUT2D eigenvalue weighted by Gasteiger charge is -2.34. The average Bonchev–Trinajstić information content (AvgIpc) is 1.78. The monoisotopic (exact) mass is 1440 g/mol. The first-order chi connectivity index (χ1) is 46.8. The van der Waals surface area contributed by atoms with Gasteiger partial charge < -0.3 is 29.1 Å². The lowest BCUT2D eigenvalue weighted by atomic mass is 9.85. The molecule has 0 saturated carbocycles. The number of alkyl halides is 9. The number of aryl methyl sites for hydroxylation is 3. The summed E-state index contributed by atoms with van der Waals surface area (Å²) < 4.78 is 211. The molecule has 554 valence electrons. The number of nitrogens with one attached hydrogen (secondary N) is 3. The molecule has 4 aliphatic heterocycles. The summed E-state index contributed by atoms with van der Waals surface area (Å²) in [5, 5.41) is 21.3. The van der Waals surface area contributed by atoms with E-state index in [1.807, 2.05) is 27.7 Å². The maximum Gasteiger partial charge on any atom is 0.419 e. The molecule has 16 nitrogen and oxygen atoms in total. The number of nitrogens with zero attached hydrogens (tertiary/aromatic N) is 7. The van der Waals surface area contributed by atoms with E-state index in [1.54, 1.807) is 35.5 Å². The van der Waals surface area contributed by atoms with Crippen molar-refractivity contribution >= 4 is 24.0 Å². The molecule has 0 unspecified atom stereocenters. The zero-order chi connectivity index (χ0) is 73.1. The largest absolute Gasteiger partial charge is 0.444 e. The SMILES string of the molecule is C.CC(C)(C)OC(=O)N1CCC(c2ccc(F)c(F)c2C(F)(F)F)CC1.Cc1[nH]nc2c1CN(C(=O)OC(C)(C)C)CC2.O=C(c1n[nH]c2c1CCCC2)N1CCC(c2ccc(F)c(F)c2C(F)(F)F)CC1.O=C(c1n[nH]c2c1CCCC2)N1CCC(c2ccc(F)c(F)c2C(F)(F)F)CC1. The number of H-pyrrole nitrogens is 3. The smallest absolute Gasteiger partial charge is 0.419 e. The number of hydrogen-bond acceptors (Lipinski definition) is 9. The van der Waals surface area contributed by atoms with Crippen molar-refractivity contribution in [2.75, 3.05) is 45.8 Å². The highest BCUT2D eigenvalue weighted by atomic mass is 19.4. The molecule has 3 aromatic heterocycles. The summed E-state index contributed by atoms with van der Waals surface area (Å²) in [5.41, 5.74) is 1.33. The van der Waals surface area contributed by atoms with Crippen LogP contribution in [0.15, 0.2) is 36.4 Å². The summed E-state index contributed by atoms with van der Waals surface area (Å²) in [6, 6.07) is 5.16. The summed E-state index contributed by atoms with van der Waals surface area (Å²) in [6.45, 7) is 15.4. The Hall–Kier alpha value is -8.28. The Balaban J connectivity index is 0.000000173. The third kappa shape index (κ3) is 18.7. The molecule has 4 amide bonds. The van der Waals surface area contributed by atoms with Crippen LogP contribution < -0.4 is 0 Å². The summed E-state index contributed by atoms with van der Waals surface area (Å²) in [4.78, 5) is 55.9. The number of piperidine rings is 3. The number of fused-ring (bicyclic) bond motifs is 3. The van der Waals surface area contributed by atoms with Gasteiger partial charge in [-0.3, -0.25) is 24.9 Å². The van der Waals surface area contributed by atoms with Crippen molar-refractivity contribution in [1.29, 1.82) is 0 Å². The number of benzene rings is 3. The molecule has 2 aliphatic carbocycles. The fraction of sp³-hybridized carbons (Fsp3) is 0.557. The van der Waals surface area contributed by atoms with Crippen LogP contribution in [0.5, 0.6) is 0 Å². The average molecular weight is 1450 g/mol. The topological polar surface area (TPSA) is 186 Å². The van der Waals surface area contributed by atoms with E-state index in [0.29, 0.717) is 30.5 Å². The standard InChI is InChI=1S/2C20H20F5N3O.C17H20F5NO2.C12H19N3O2.CH4/c2*21-14-6-5-12(16(17(14)22)20(23,24)25)11-7-9-28(10-8-11)19(29)18-13-3-1-2-4-15(13)26-27-18;1-16(2,3)25-15(24)23-8-6-10(7-9-23)11-4-5-12(18)14(19)13(11)17(20,21)22;1-8-9-7-15(6-5-10(9)14-13-8)11(16)17-12(2,3)4;/h2*5-6,11H,1-4,7-10H2,(H,26,27);4-5,10H,6-9H2,1-3H3;5-7H2,1-4H3,(H,13,14);1H4. The van der Waals surface area contributed by atoms with Crippen molar-refractivity contribution in [3.05, 3.63) is 156 Å². The van der Waals surface area contributed by atoms with E-state index in [0.717, 1.165) is 128 Å². The molecule has 3 saturated heterocycles. The molecule has 101 heavy (non-hydrogen) atoms. The quantitative estimate of drug-likeness (QED) is 0.141. The summed E-state index contributed by atoms with van der Waals surface area (Å²) >= 11 is 0. The summed E-state index contributed by atoms with van der Waals surface area (Å²) in [5.74, 6) is -12.4. The number of carbonyl (C=O) groups is 4. The first kappa shape index (κ1) is 78.4. The van der Waals surface area contributed by atoms with Crippen molar-refractivity contribution in [2.45, 2.75) is 206 Å². The van der Waals surface area contributed by atoms with Crippen molar-refractivity contribution in [3.8, 4) is 0 Å². The van der Waals surface area contributed by atoms with Crippen LogP contribution in [0, 0.1) is 41.8 Å². The lowest BCUT2D eigenvalue weighted by molar-refractivity contribution is -0.142. The van der Waals surface area contributed by atoms with Gasteiger partial charge in [-0.1, -0.05) is 25.6 Å². The van der Waals surface area contributed by atoms with E-state index in [2.05, 4.69) is 30.6 Å². The van der Waals surface area contributed by atoms with Crippen LogP contribution >= 0.6 is 0 Å². The molecule has 0 bridgehead atoms. The lowest BCUT2D eigenvalue weighted by Crippen LogP contribution is -2.41. The third-order valence-electron chi connectivity index (χ3n) is 18.6. The van der Waals surface area contributed by atoms with Gasteiger partial charge in [0.05, 0.1) is 28.9 Å². The highest BCUT2D eigenvalue weighted by Crippen LogP contribution is 2.45. The first-order valence-corrected chi connectivity index (χ1v) is 33.2. The molecular formula is C70H83F15N10O6. The van der Waals surface area contributed by atoms with Crippen molar-refractivity contribution in [3.63, 3.8) is 0 Å². The maximum absolute atomic E-state index is 13.9. The van der Waals surface area contributed by atoms with Gasteiger partial charge in [0, 0.05) is 86.0 Å². The number of aromatic amines is 3. The van der Waals surface area contributed by atoms with E-state index in [4.69, 9.17) is 9.47 Å². The van der Waals surface area contributed by atoms with E-state index in [-0.39, 0.29) is 120 Å². The molecule has 6 aliphatic rings. The molecule has 12 rings (SSSR count). The molecule has 3 fully saturated rings. The molecule has 0 spiro atoms. The van der Waals surface area contributed by atoms with Crippen LogP contribution in [-0.4, -0.2) is 131 Å². The fourth-order valence-electron chi connectivity index (χ4n) is 13.6. The number of amides is 4. The predicted molar refractivity (Wildman–Crippen MR) is 340 cm³/mol. The van der Waals surface area contributed by atoms with E-state index < -0.39 is 105 Å². The molecule has 7 heterocycles. The normalized spacial score (nSPS) is 17.2. The van der Waals surface area contributed by atoms with Gasteiger partial charge in [-0.05, 0) is 191 Å². The Morgan fingerprint density at radius 3 is 1.09 bits per heavy atom. The second kappa shape index (κ2) is 31.5. The molecule has 0 radical (unpaired) electrons. The molecule has 31 heteroatoms. The Labute approximate surface area is 574 Å². The van der Waals surface area contributed by atoms with Gasteiger partial charge in [-0.15, -0.1) is 0 Å². The predicted octanol–water partition coefficient (Wildman–Crippen LogP) is 17.0. The summed E-state index contributed by atoms with van der Waals surface area (Å²) in [7, 11) is 0. The minimum Gasteiger partial charge on any atom is -0.444 e. The van der Waals surface area contributed by atoms with E-state index in [1.165, 1.54) is 4.90 Å². The van der Waals surface area contributed by atoms with Gasteiger partial charge in [-0.25, -0.2) is 35.9 Å². The van der Waals surface area contributed by atoms with Gasteiger partial charge >= 0.3 is 30.7 Å². The van der Waals surface area contributed by atoms with E-state index >= 15 is 0 Å². The van der Waals surface area contributed by atoms with Gasteiger partial charge in [0.15, 0.2) is 46.3 Å². The van der Waals surface area contributed by atoms with Gasteiger partial charge in [-0.2, -0.15) is 54.8 Å². The van der Waals surface area contributed by atoms with Crippen LogP contribution in [0.4, 0.5) is 75.4 Å². The molecule has 0 atom stereocenters. The van der Waals surface area contributed by atoms with Crippen LogP contribution in [0.25, 0.3) is 0 Å². The molecule has 6 aromatic rings. The van der Waals surface area contributed by atoms with Crippen LogP contribution in [0.3, 0.4) is 0 Å². The molecule has 3 aromatic carbocycles. The van der Waals surface area contributed by atoms with Gasteiger partial charge in [0.1, 0.15) is 11.2 Å². The van der Waals surface area contributed by atoms with Gasteiger partial charge in [0.2, 0.25) is 0 Å². The molecular weight excluding hydrogens is 1360 g/mol.